The van der Waals surface area contributed by atoms with Gasteiger partial charge in [-0.05, 0) is 42.0 Å². The van der Waals surface area contributed by atoms with Crippen LogP contribution in [0.15, 0.2) is 36.4 Å². The van der Waals surface area contributed by atoms with Crippen molar-refractivity contribution in [3.8, 4) is 23.0 Å². The standard InChI is InChI=1S/C19H17ClO6/c1-22-14-4-5-16(23-2)13(9-14)3-6-18(21)24-10-12-7-15(20)19-17(8-12)25-11-26-19/h3-9H,10-11H2,1-2H3/b6-3+. The number of halogens is 1. The van der Waals surface area contributed by atoms with Crippen molar-refractivity contribution >= 4 is 23.6 Å². The second-order valence-electron chi connectivity index (χ2n) is 5.36. The van der Waals surface area contributed by atoms with Gasteiger partial charge in [0.2, 0.25) is 6.79 Å². The maximum atomic E-state index is 12.0. The molecule has 1 heterocycles. The lowest BCUT2D eigenvalue weighted by Crippen LogP contribution is -2.01. The molecule has 0 unspecified atom stereocenters. The van der Waals surface area contributed by atoms with E-state index >= 15 is 0 Å². The maximum Gasteiger partial charge on any atom is 0.331 e. The number of benzene rings is 2. The number of rotatable bonds is 6. The summed E-state index contributed by atoms with van der Waals surface area (Å²) in [7, 11) is 3.13. The van der Waals surface area contributed by atoms with Crippen molar-refractivity contribution < 1.29 is 28.5 Å². The van der Waals surface area contributed by atoms with Gasteiger partial charge in [-0.15, -0.1) is 0 Å². The fraction of sp³-hybridized carbons (Fsp3) is 0.211. The Hall–Kier alpha value is -2.86. The lowest BCUT2D eigenvalue weighted by molar-refractivity contribution is -0.138. The van der Waals surface area contributed by atoms with E-state index in [0.717, 1.165) is 0 Å². The van der Waals surface area contributed by atoms with Gasteiger partial charge in [0.25, 0.3) is 0 Å². The van der Waals surface area contributed by atoms with Gasteiger partial charge >= 0.3 is 5.97 Å². The summed E-state index contributed by atoms with van der Waals surface area (Å²) in [6.07, 6.45) is 2.93. The highest BCUT2D eigenvalue weighted by Gasteiger charge is 2.18. The molecule has 0 aliphatic carbocycles. The summed E-state index contributed by atoms with van der Waals surface area (Å²) in [6, 6.07) is 8.71. The molecule has 136 valence electrons. The third-order valence-electron chi connectivity index (χ3n) is 3.70. The van der Waals surface area contributed by atoms with E-state index in [1.165, 1.54) is 6.08 Å². The van der Waals surface area contributed by atoms with E-state index in [1.54, 1.807) is 50.6 Å². The zero-order valence-electron chi connectivity index (χ0n) is 14.3. The topological polar surface area (TPSA) is 63.2 Å². The predicted molar refractivity (Wildman–Crippen MR) is 96.0 cm³/mol. The van der Waals surface area contributed by atoms with Crippen LogP contribution in [0.5, 0.6) is 23.0 Å². The summed E-state index contributed by atoms with van der Waals surface area (Å²) in [5.74, 6) is 1.84. The Labute approximate surface area is 155 Å². The summed E-state index contributed by atoms with van der Waals surface area (Å²) in [5.41, 5.74) is 1.41. The molecule has 0 fully saturated rings. The third-order valence-corrected chi connectivity index (χ3v) is 3.98. The first-order valence-corrected chi connectivity index (χ1v) is 8.13. The van der Waals surface area contributed by atoms with Crippen LogP contribution < -0.4 is 18.9 Å². The van der Waals surface area contributed by atoms with E-state index in [-0.39, 0.29) is 13.4 Å². The zero-order valence-corrected chi connectivity index (χ0v) is 15.0. The van der Waals surface area contributed by atoms with E-state index in [4.69, 9.17) is 35.3 Å². The molecule has 0 N–H and O–H groups in total. The van der Waals surface area contributed by atoms with Crippen LogP contribution in [0.1, 0.15) is 11.1 Å². The van der Waals surface area contributed by atoms with Crippen LogP contribution in [0, 0.1) is 0 Å². The molecule has 0 saturated carbocycles. The first kappa shape index (κ1) is 17.9. The quantitative estimate of drug-likeness (QED) is 0.563. The summed E-state index contributed by atoms with van der Waals surface area (Å²) < 4.78 is 26.2. The average Bonchev–Trinajstić information content (AvgIpc) is 3.13. The fourth-order valence-electron chi connectivity index (χ4n) is 2.43. The maximum absolute atomic E-state index is 12.0. The van der Waals surface area contributed by atoms with Gasteiger partial charge in [0.1, 0.15) is 18.1 Å². The molecular weight excluding hydrogens is 360 g/mol. The smallest absolute Gasteiger partial charge is 0.331 e. The van der Waals surface area contributed by atoms with Gasteiger partial charge in [-0.2, -0.15) is 0 Å². The minimum Gasteiger partial charge on any atom is -0.497 e. The van der Waals surface area contributed by atoms with Crippen LogP contribution in [-0.2, 0) is 16.1 Å². The molecule has 6 nitrogen and oxygen atoms in total. The molecule has 26 heavy (non-hydrogen) atoms. The van der Waals surface area contributed by atoms with Crippen molar-refractivity contribution in [2.45, 2.75) is 6.61 Å². The highest BCUT2D eigenvalue weighted by Crippen LogP contribution is 2.39. The zero-order chi connectivity index (χ0) is 18.5. The van der Waals surface area contributed by atoms with Crippen molar-refractivity contribution in [1.29, 1.82) is 0 Å². The van der Waals surface area contributed by atoms with Gasteiger partial charge in [-0.1, -0.05) is 11.6 Å². The SMILES string of the molecule is COc1ccc(OC)c(/C=C/C(=O)OCc2cc(Cl)c3c(c2)OCO3)c1. The monoisotopic (exact) mass is 376 g/mol. The molecule has 0 aromatic heterocycles. The van der Waals surface area contributed by atoms with Crippen LogP contribution in [0.4, 0.5) is 0 Å². The van der Waals surface area contributed by atoms with Gasteiger partial charge in [-0.25, -0.2) is 4.79 Å². The Morgan fingerprint density at radius 1 is 1.19 bits per heavy atom. The molecule has 7 heteroatoms. The molecule has 2 aromatic carbocycles. The Kier molecular flexibility index (Phi) is 5.53. The summed E-state index contributed by atoms with van der Waals surface area (Å²) in [4.78, 5) is 12.0. The van der Waals surface area contributed by atoms with Gasteiger partial charge in [0, 0.05) is 11.6 Å². The molecular formula is C19H17ClO6. The summed E-state index contributed by atoms with van der Waals surface area (Å²) >= 11 is 6.11. The molecule has 0 atom stereocenters. The molecule has 0 radical (unpaired) electrons. The number of esters is 1. The second kappa shape index (κ2) is 8.01. The molecule has 1 aliphatic heterocycles. The molecule has 0 saturated heterocycles. The number of ether oxygens (including phenoxy) is 5. The van der Waals surface area contributed by atoms with Crippen LogP contribution in [0.3, 0.4) is 0 Å². The van der Waals surface area contributed by atoms with Crippen LogP contribution in [-0.4, -0.2) is 27.0 Å². The largest absolute Gasteiger partial charge is 0.497 e. The summed E-state index contributed by atoms with van der Waals surface area (Å²) in [5, 5.41) is 0.419. The number of carbonyl (C=O) groups excluding carboxylic acids is 1. The lowest BCUT2D eigenvalue weighted by atomic mass is 10.1. The van der Waals surface area contributed by atoms with Gasteiger partial charge in [0.15, 0.2) is 11.5 Å². The first-order valence-electron chi connectivity index (χ1n) is 7.75. The second-order valence-corrected chi connectivity index (χ2v) is 5.77. The van der Waals surface area contributed by atoms with E-state index < -0.39 is 5.97 Å². The van der Waals surface area contributed by atoms with E-state index in [9.17, 15) is 4.79 Å². The van der Waals surface area contributed by atoms with Crippen LogP contribution >= 0.6 is 11.6 Å². The molecule has 0 spiro atoms. The Morgan fingerprint density at radius 3 is 2.81 bits per heavy atom. The van der Waals surface area contributed by atoms with E-state index in [0.29, 0.717) is 39.1 Å². The van der Waals surface area contributed by atoms with Crippen LogP contribution in [0.25, 0.3) is 6.08 Å². The minimum absolute atomic E-state index is 0.0643. The van der Waals surface area contributed by atoms with Crippen molar-refractivity contribution in [3.63, 3.8) is 0 Å². The average molecular weight is 377 g/mol. The molecule has 2 aromatic rings. The fourth-order valence-corrected chi connectivity index (χ4v) is 2.72. The van der Waals surface area contributed by atoms with Crippen molar-refractivity contribution in [3.05, 3.63) is 52.6 Å². The van der Waals surface area contributed by atoms with Gasteiger partial charge in [-0.3, -0.25) is 0 Å². The third kappa shape index (κ3) is 4.03. The van der Waals surface area contributed by atoms with Gasteiger partial charge in [0.05, 0.1) is 19.2 Å². The van der Waals surface area contributed by atoms with Crippen molar-refractivity contribution in [2.75, 3.05) is 21.0 Å². The Bertz CT molecular complexity index is 846. The van der Waals surface area contributed by atoms with Gasteiger partial charge < -0.3 is 23.7 Å². The van der Waals surface area contributed by atoms with Crippen LogP contribution in [0.2, 0.25) is 5.02 Å². The predicted octanol–water partition coefficient (Wildman–Crippen LogP) is 3.84. The summed E-state index contributed by atoms with van der Waals surface area (Å²) in [6.45, 7) is 0.193. The number of hydrogen-bond acceptors (Lipinski definition) is 6. The highest BCUT2D eigenvalue weighted by atomic mass is 35.5. The van der Waals surface area contributed by atoms with E-state index in [2.05, 4.69) is 0 Å². The van der Waals surface area contributed by atoms with Crippen molar-refractivity contribution in [2.24, 2.45) is 0 Å². The first-order chi connectivity index (χ1) is 12.6. The number of methoxy groups -OCH3 is 2. The van der Waals surface area contributed by atoms with E-state index in [1.807, 2.05) is 0 Å². The minimum atomic E-state index is -0.497. The lowest BCUT2D eigenvalue weighted by Gasteiger charge is -2.07. The Balaban J connectivity index is 1.64. The Morgan fingerprint density at radius 2 is 2.04 bits per heavy atom. The number of hydrogen-bond donors (Lipinski definition) is 0. The molecule has 1 aliphatic rings. The van der Waals surface area contributed by atoms with Crippen molar-refractivity contribution in [1.82, 2.24) is 0 Å². The number of fused-ring (bicyclic) bond motifs is 1. The molecule has 0 bridgehead atoms. The molecule has 0 amide bonds. The molecule has 3 rings (SSSR count). The number of carbonyl (C=O) groups is 1. The highest BCUT2D eigenvalue weighted by molar-refractivity contribution is 6.32. The normalized spacial score (nSPS) is 12.3.